The molecule has 112 valence electrons. The van der Waals surface area contributed by atoms with Crippen LogP contribution in [0.25, 0.3) is 0 Å². The van der Waals surface area contributed by atoms with Crippen molar-refractivity contribution in [2.45, 2.75) is 25.9 Å². The Kier molecular flexibility index (Phi) is 5.06. The van der Waals surface area contributed by atoms with E-state index >= 15 is 0 Å². The van der Waals surface area contributed by atoms with Gasteiger partial charge in [0.2, 0.25) is 0 Å². The first-order valence-corrected chi connectivity index (χ1v) is 7.33. The Morgan fingerprint density at radius 1 is 0.857 bits per heavy atom. The van der Waals surface area contributed by atoms with E-state index in [1.54, 1.807) is 26.0 Å². The van der Waals surface area contributed by atoms with Crippen LogP contribution >= 0.6 is 15.9 Å². The molecule has 21 heavy (non-hydrogen) atoms. The van der Waals surface area contributed by atoms with Crippen LogP contribution in [-0.2, 0) is 0 Å². The van der Waals surface area contributed by atoms with Crippen LogP contribution in [0.3, 0.4) is 0 Å². The van der Waals surface area contributed by atoms with Crippen molar-refractivity contribution < 1.29 is 13.2 Å². The summed E-state index contributed by atoms with van der Waals surface area (Å²) >= 11 is 3.30. The molecule has 0 bridgehead atoms. The van der Waals surface area contributed by atoms with E-state index in [1.807, 2.05) is 0 Å². The lowest BCUT2D eigenvalue weighted by Gasteiger charge is -2.21. The average molecular weight is 358 g/mol. The van der Waals surface area contributed by atoms with E-state index in [0.29, 0.717) is 11.1 Å². The van der Waals surface area contributed by atoms with Crippen LogP contribution in [0.1, 0.15) is 37.1 Å². The first-order valence-electron chi connectivity index (χ1n) is 6.54. The van der Waals surface area contributed by atoms with Gasteiger partial charge >= 0.3 is 0 Å². The van der Waals surface area contributed by atoms with Gasteiger partial charge in [0.25, 0.3) is 0 Å². The van der Waals surface area contributed by atoms with Gasteiger partial charge in [0, 0.05) is 33.7 Å². The molecular formula is C16H15BrF3N. The number of rotatable bonds is 4. The predicted octanol–water partition coefficient (Wildman–Crippen LogP) is 5.28. The van der Waals surface area contributed by atoms with Gasteiger partial charge < -0.3 is 5.32 Å². The third kappa shape index (κ3) is 3.86. The Hall–Kier alpha value is -1.33. The van der Waals surface area contributed by atoms with E-state index in [4.69, 9.17) is 0 Å². The molecule has 2 unspecified atom stereocenters. The summed E-state index contributed by atoms with van der Waals surface area (Å²) in [6.07, 6.45) is 0. The molecule has 0 fully saturated rings. The summed E-state index contributed by atoms with van der Waals surface area (Å²) in [5, 5.41) is 3.12. The maximum absolute atomic E-state index is 13.8. The van der Waals surface area contributed by atoms with Gasteiger partial charge in [-0.25, -0.2) is 13.2 Å². The minimum atomic E-state index is -0.616. The zero-order valence-electron chi connectivity index (χ0n) is 11.6. The standard InChI is InChI=1S/C16H15BrF3N/c1-9(13-5-4-12(18)8-16(13)20)21-10(2)14-7-11(17)3-6-15(14)19/h3-10,21H,1-2H3. The molecule has 1 N–H and O–H groups in total. The van der Waals surface area contributed by atoms with E-state index in [9.17, 15) is 13.2 Å². The van der Waals surface area contributed by atoms with Crippen molar-refractivity contribution in [2.75, 3.05) is 0 Å². The summed E-state index contributed by atoms with van der Waals surface area (Å²) in [5.41, 5.74) is 0.831. The normalized spacial score (nSPS) is 14.0. The van der Waals surface area contributed by atoms with Gasteiger partial charge in [-0.15, -0.1) is 0 Å². The lowest BCUT2D eigenvalue weighted by Crippen LogP contribution is -2.24. The second kappa shape index (κ2) is 6.62. The molecule has 0 spiro atoms. The Morgan fingerprint density at radius 3 is 2.19 bits per heavy atom. The molecule has 0 aromatic heterocycles. The summed E-state index contributed by atoms with van der Waals surface area (Å²) in [6.45, 7) is 3.55. The number of benzene rings is 2. The number of halogens is 4. The highest BCUT2D eigenvalue weighted by Gasteiger charge is 2.17. The molecule has 0 amide bonds. The smallest absolute Gasteiger partial charge is 0.130 e. The van der Waals surface area contributed by atoms with Gasteiger partial charge in [-0.2, -0.15) is 0 Å². The number of nitrogens with one attached hydrogen (secondary N) is 1. The van der Waals surface area contributed by atoms with Gasteiger partial charge in [0.05, 0.1) is 0 Å². The maximum atomic E-state index is 13.8. The van der Waals surface area contributed by atoms with Crippen molar-refractivity contribution >= 4 is 15.9 Å². The van der Waals surface area contributed by atoms with Crippen LogP contribution in [0.4, 0.5) is 13.2 Å². The number of hydrogen-bond acceptors (Lipinski definition) is 1. The minimum absolute atomic E-state index is 0.318. The van der Waals surface area contributed by atoms with Crippen LogP contribution in [0.5, 0.6) is 0 Å². The van der Waals surface area contributed by atoms with Crippen molar-refractivity contribution in [2.24, 2.45) is 0 Å². The van der Waals surface area contributed by atoms with Crippen LogP contribution in [0, 0.1) is 17.5 Å². The molecule has 1 nitrogen and oxygen atoms in total. The zero-order valence-corrected chi connectivity index (χ0v) is 13.2. The summed E-state index contributed by atoms with van der Waals surface area (Å²) in [6, 6.07) is 7.43. The third-order valence-corrected chi connectivity index (χ3v) is 3.85. The van der Waals surface area contributed by atoms with Gasteiger partial charge in [0.15, 0.2) is 0 Å². The van der Waals surface area contributed by atoms with Crippen molar-refractivity contribution in [3.05, 3.63) is 69.4 Å². The molecule has 2 aromatic rings. The average Bonchev–Trinajstić information content (AvgIpc) is 2.41. The highest BCUT2D eigenvalue weighted by atomic mass is 79.9. The van der Waals surface area contributed by atoms with Gasteiger partial charge in [-0.3, -0.25) is 0 Å². The molecule has 0 saturated carbocycles. The van der Waals surface area contributed by atoms with Crippen LogP contribution in [0.2, 0.25) is 0 Å². The SMILES string of the molecule is CC(NC(C)c1cc(Br)ccc1F)c1ccc(F)cc1F. The number of hydrogen-bond donors (Lipinski definition) is 1. The van der Waals surface area contributed by atoms with E-state index < -0.39 is 11.6 Å². The van der Waals surface area contributed by atoms with Gasteiger partial charge in [-0.1, -0.05) is 22.0 Å². The molecule has 2 rings (SSSR count). The molecule has 0 aliphatic rings. The lowest BCUT2D eigenvalue weighted by atomic mass is 10.0. The fraction of sp³-hybridized carbons (Fsp3) is 0.250. The second-order valence-electron chi connectivity index (χ2n) is 4.94. The van der Waals surface area contributed by atoms with E-state index in [-0.39, 0.29) is 17.9 Å². The monoisotopic (exact) mass is 357 g/mol. The Labute approximate surface area is 130 Å². The fourth-order valence-corrected chi connectivity index (χ4v) is 2.63. The lowest BCUT2D eigenvalue weighted by molar-refractivity contribution is 0.456. The van der Waals surface area contributed by atoms with E-state index in [2.05, 4.69) is 21.2 Å². The highest BCUT2D eigenvalue weighted by Crippen LogP contribution is 2.25. The topological polar surface area (TPSA) is 12.0 Å². The second-order valence-corrected chi connectivity index (χ2v) is 5.86. The maximum Gasteiger partial charge on any atom is 0.130 e. The summed E-state index contributed by atoms with van der Waals surface area (Å²) in [5.74, 6) is -1.56. The summed E-state index contributed by atoms with van der Waals surface area (Å²) in [7, 11) is 0. The van der Waals surface area contributed by atoms with Crippen LogP contribution < -0.4 is 5.32 Å². The first kappa shape index (κ1) is 16.0. The molecular weight excluding hydrogens is 343 g/mol. The first-order chi connectivity index (χ1) is 9.88. The summed E-state index contributed by atoms with van der Waals surface area (Å²) < 4.78 is 41.2. The van der Waals surface area contributed by atoms with E-state index in [1.165, 1.54) is 18.2 Å². The van der Waals surface area contributed by atoms with E-state index in [0.717, 1.165) is 10.5 Å². The van der Waals surface area contributed by atoms with Crippen molar-refractivity contribution in [3.8, 4) is 0 Å². The van der Waals surface area contributed by atoms with Crippen LogP contribution in [0.15, 0.2) is 40.9 Å². The van der Waals surface area contributed by atoms with Gasteiger partial charge in [0.1, 0.15) is 17.5 Å². The molecule has 5 heteroatoms. The molecule has 0 saturated heterocycles. The predicted molar refractivity (Wildman–Crippen MR) is 80.4 cm³/mol. The van der Waals surface area contributed by atoms with Crippen molar-refractivity contribution in [1.82, 2.24) is 5.32 Å². The fourth-order valence-electron chi connectivity index (χ4n) is 2.25. The third-order valence-electron chi connectivity index (χ3n) is 3.35. The highest BCUT2D eigenvalue weighted by molar-refractivity contribution is 9.10. The summed E-state index contributed by atoms with van der Waals surface area (Å²) in [4.78, 5) is 0. The molecule has 0 aliphatic heterocycles. The molecule has 2 aromatic carbocycles. The largest absolute Gasteiger partial charge is 0.303 e. The molecule has 0 radical (unpaired) electrons. The zero-order chi connectivity index (χ0) is 15.6. The van der Waals surface area contributed by atoms with Crippen LogP contribution in [-0.4, -0.2) is 0 Å². The quantitative estimate of drug-likeness (QED) is 0.784. The molecule has 2 atom stereocenters. The Balaban J connectivity index is 2.18. The minimum Gasteiger partial charge on any atom is -0.303 e. The Bertz CT molecular complexity index is 645. The Morgan fingerprint density at radius 2 is 1.52 bits per heavy atom. The molecule has 0 aliphatic carbocycles. The van der Waals surface area contributed by atoms with Gasteiger partial charge in [-0.05, 0) is 38.1 Å². The van der Waals surface area contributed by atoms with Crippen molar-refractivity contribution in [3.63, 3.8) is 0 Å². The molecule has 0 heterocycles. The van der Waals surface area contributed by atoms with Crippen molar-refractivity contribution in [1.29, 1.82) is 0 Å².